The number of rotatable bonds is 7. The lowest BCUT2D eigenvalue weighted by atomic mass is 10.1. The molecule has 0 spiro atoms. The Kier molecular flexibility index (Phi) is 6.38. The van der Waals surface area contributed by atoms with Gasteiger partial charge in [-0.25, -0.2) is 8.42 Å². The summed E-state index contributed by atoms with van der Waals surface area (Å²) in [4.78, 5) is 15.7. The summed E-state index contributed by atoms with van der Waals surface area (Å²) in [6.45, 7) is 1.34. The van der Waals surface area contributed by atoms with Crippen LogP contribution in [0.2, 0.25) is 0 Å². The summed E-state index contributed by atoms with van der Waals surface area (Å²) in [6.07, 6.45) is 0.569. The van der Waals surface area contributed by atoms with E-state index in [0.29, 0.717) is 37.3 Å². The molecular weight excluding hydrogens is 456 g/mol. The summed E-state index contributed by atoms with van der Waals surface area (Å²) in [5.41, 5.74) is 4.18. The van der Waals surface area contributed by atoms with E-state index in [-0.39, 0.29) is 10.8 Å². The van der Waals surface area contributed by atoms with Crippen molar-refractivity contribution >= 4 is 21.6 Å². The van der Waals surface area contributed by atoms with Gasteiger partial charge in [-0.3, -0.25) is 9.10 Å². The Hall–Kier alpha value is -3.90. The number of sulfonamides is 1. The van der Waals surface area contributed by atoms with Crippen LogP contribution in [0.25, 0.3) is 0 Å². The van der Waals surface area contributed by atoms with Crippen molar-refractivity contribution in [3.63, 3.8) is 0 Å². The van der Waals surface area contributed by atoms with Crippen LogP contribution in [0.4, 0.5) is 5.69 Å². The van der Waals surface area contributed by atoms with Crippen LogP contribution in [-0.2, 0) is 29.5 Å². The second-order valence-electron chi connectivity index (χ2n) is 8.62. The largest absolute Gasteiger partial charge is 0.330 e. The molecular formula is C29H26N2O3S. The maximum absolute atomic E-state index is 13.6. The van der Waals surface area contributed by atoms with Crippen LogP contribution < -0.4 is 4.31 Å². The number of nitrogens with zero attached hydrogens (tertiary/aromatic N) is 2. The number of amides is 1. The summed E-state index contributed by atoms with van der Waals surface area (Å²) in [6, 6.07) is 33.7. The molecule has 0 radical (unpaired) electrons. The highest BCUT2D eigenvalue weighted by Crippen LogP contribution is 2.34. The fourth-order valence-corrected chi connectivity index (χ4v) is 5.99. The van der Waals surface area contributed by atoms with Gasteiger partial charge in [0, 0.05) is 25.2 Å². The van der Waals surface area contributed by atoms with Gasteiger partial charge in [-0.15, -0.1) is 0 Å². The van der Waals surface area contributed by atoms with Crippen LogP contribution in [-0.4, -0.2) is 25.8 Å². The Labute approximate surface area is 206 Å². The fourth-order valence-electron chi connectivity index (χ4n) is 4.46. The van der Waals surface area contributed by atoms with Crippen molar-refractivity contribution in [1.29, 1.82) is 0 Å². The quantitative estimate of drug-likeness (QED) is 0.360. The van der Waals surface area contributed by atoms with Gasteiger partial charge in [-0.2, -0.15) is 0 Å². The predicted octanol–water partition coefficient (Wildman–Crippen LogP) is 5.28. The number of hydrogen-bond donors (Lipinski definition) is 0. The number of anilines is 1. The second-order valence-corrected chi connectivity index (χ2v) is 10.5. The van der Waals surface area contributed by atoms with Crippen molar-refractivity contribution in [1.82, 2.24) is 4.90 Å². The first kappa shape index (κ1) is 22.9. The first-order valence-electron chi connectivity index (χ1n) is 11.6. The molecule has 4 aromatic carbocycles. The molecule has 0 aliphatic carbocycles. The number of fused-ring (bicyclic) bond motifs is 1. The number of hydrogen-bond acceptors (Lipinski definition) is 3. The molecule has 1 heterocycles. The zero-order valence-electron chi connectivity index (χ0n) is 19.2. The van der Waals surface area contributed by atoms with Crippen LogP contribution in [0.15, 0.2) is 114 Å². The van der Waals surface area contributed by atoms with E-state index in [1.807, 2.05) is 71.6 Å². The Balaban J connectivity index is 1.43. The van der Waals surface area contributed by atoms with Gasteiger partial charge in [0.15, 0.2) is 0 Å². The fraction of sp³-hybridized carbons (Fsp3) is 0.138. The molecule has 0 saturated heterocycles. The van der Waals surface area contributed by atoms with Crippen molar-refractivity contribution in [2.24, 2.45) is 0 Å². The van der Waals surface area contributed by atoms with Gasteiger partial charge in [0.1, 0.15) is 0 Å². The molecule has 0 bridgehead atoms. The molecule has 6 heteroatoms. The summed E-state index contributed by atoms with van der Waals surface area (Å²) in [5, 5.41) is 0. The molecule has 1 aliphatic rings. The highest BCUT2D eigenvalue weighted by Gasteiger charge is 2.31. The maximum atomic E-state index is 13.6. The van der Waals surface area contributed by atoms with Crippen molar-refractivity contribution in [3.8, 4) is 0 Å². The van der Waals surface area contributed by atoms with Crippen molar-refractivity contribution in [3.05, 3.63) is 131 Å². The molecule has 0 atom stereocenters. The van der Waals surface area contributed by atoms with Gasteiger partial charge in [0.05, 0.1) is 10.6 Å². The lowest BCUT2D eigenvalue weighted by Crippen LogP contribution is -2.30. The third-order valence-electron chi connectivity index (χ3n) is 6.23. The monoisotopic (exact) mass is 482 g/mol. The molecule has 0 saturated carbocycles. The summed E-state index contributed by atoms with van der Waals surface area (Å²) >= 11 is 0. The highest BCUT2D eigenvalue weighted by molar-refractivity contribution is 7.92. The van der Waals surface area contributed by atoms with E-state index in [1.54, 1.807) is 42.5 Å². The van der Waals surface area contributed by atoms with Crippen molar-refractivity contribution in [2.45, 2.75) is 24.4 Å². The van der Waals surface area contributed by atoms with Crippen LogP contribution in [0, 0.1) is 0 Å². The summed E-state index contributed by atoms with van der Waals surface area (Å²) in [5.74, 6) is -0.0788. The highest BCUT2D eigenvalue weighted by atomic mass is 32.2. The van der Waals surface area contributed by atoms with E-state index < -0.39 is 10.0 Å². The van der Waals surface area contributed by atoms with E-state index >= 15 is 0 Å². The third-order valence-corrected chi connectivity index (χ3v) is 8.06. The Bertz CT molecular complexity index is 1380. The smallest absolute Gasteiger partial charge is 0.264 e. The summed E-state index contributed by atoms with van der Waals surface area (Å²) < 4.78 is 27.8. The van der Waals surface area contributed by atoms with Gasteiger partial charge in [-0.1, -0.05) is 78.9 Å². The van der Waals surface area contributed by atoms with E-state index in [0.717, 1.165) is 16.7 Å². The minimum Gasteiger partial charge on any atom is -0.330 e. The number of carbonyl (C=O) groups excluding carboxylic acids is 1. The standard InChI is InChI=1S/C29H26N2O3S/c32-29(30(21-23-10-4-1-5-11-23)22-24-12-6-2-7-13-24)26-16-17-28-25(20-26)18-19-31(28)35(33,34)27-14-8-3-9-15-27/h1-17,20H,18-19,21-22H2. The zero-order valence-corrected chi connectivity index (χ0v) is 20.1. The van der Waals surface area contributed by atoms with Gasteiger partial charge >= 0.3 is 0 Å². The lowest BCUT2D eigenvalue weighted by Gasteiger charge is -2.24. The molecule has 5 nitrogen and oxygen atoms in total. The molecule has 35 heavy (non-hydrogen) atoms. The number of carbonyl (C=O) groups is 1. The normalized spacial score (nSPS) is 12.9. The molecule has 0 N–H and O–H groups in total. The third kappa shape index (κ3) is 4.84. The van der Waals surface area contributed by atoms with E-state index in [1.165, 1.54) is 4.31 Å². The maximum Gasteiger partial charge on any atom is 0.264 e. The first-order chi connectivity index (χ1) is 17.0. The minimum atomic E-state index is -3.64. The van der Waals surface area contributed by atoms with Gasteiger partial charge in [0.2, 0.25) is 0 Å². The SMILES string of the molecule is O=C(c1ccc2c(c1)CCN2S(=O)(=O)c1ccccc1)N(Cc1ccccc1)Cc1ccccc1. The average Bonchev–Trinajstić information content (AvgIpc) is 3.34. The van der Waals surface area contributed by atoms with Gasteiger partial charge < -0.3 is 4.90 Å². The molecule has 4 aromatic rings. The molecule has 1 aliphatic heterocycles. The predicted molar refractivity (Wildman–Crippen MR) is 138 cm³/mol. The topological polar surface area (TPSA) is 57.7 Å². The Morgan fingerprint density at radius 1 is 0.743 bits per heavy atom. The van der Waals surface area contributed by atoms with Crippen molar-refractivity contribution in [2.75, 3.05) is 10.8 Å². The van der Waals surface area contributed by atoms with Crippen LogP contribution in [0.5, 0.6) is 0 Å². The number of benzene rings is 4. The summed E-state index contributed by atoms with van der Waals surface area (Å²) in [7, 11) is -3.64. The van der Waals surface area contributed by atoms with E-state index in [9.17, 15) is 13.2 Å². The lowest BCUT2D eigenvalue weighted by molar-refractivity contribution is 0.0730. The molecule has 0 aromatic heterocycles. The van der Waals surface area contributed by atoms with Crippen LogP contribution in [0.1, 0.15) is 27.0 Å². The molecule has 0 unspecified atom stereocenters. The van der Waals surface area contributed by atoms with Gasteiger partial charge in [0.25, 0.3) is 15.9 Å². The first-order valence-corrected chi connectivity index (χ1v) is 13.0. The molecule has 176 valence electrons. The molecule has 1 amide bonds. The zero-order chi connectivity index (χ0) is 24.3. The van der Waals surface area contributed by atoms with E-state index in [4.69, 9.17) is 0 Å². The van der Waals surface area contributed by atoms with E-state index in [2.05, 4.69) is 0 Å². The average molecular weight is 483 g/mol. The Morgan fingerprint density at radius 2 is 1.29 bits per heavy atom. The molecule has 0 fully saturated rings. The van der Waals surface area contributed by atoms with Crippen LogP contribution >= 0.6 is 0 Å². The van der Waals surface area contributed by atoms with Crippen molar-refractivity contribution < 1.29 is 13.2 Å². The van der Waals surface area contributed by atoms with Crippen LogP contribution in [0.3, 0.4) is 0 Å². The second kappa shape index (κ2) is 9.76. The minimum absolute atomic E-state index is 0.0788. The molecule has 5 rings (SSSR count). The van der Waals surface area contributed by atoms with Gasteiger partial charge in [-0.05, 0) is 53.4 Å². The Morgan fingerprint density at radius 3 is 1.86 bits per heavy atom.